The first-order valence-corrected chi connectivity index (χ1v) is 6.54. The van der Waals surface area contributed by atoms with Crippen LogP contribution in [0, 0.1) is 5.92 Å². The Balaban J connectivity index is 1.83. The molecular formula is C16H15Cl. The van der Waals surface area contributed by atoms with Gasteiger partial charge in [-0.05, 0) is 54.0 Å². The zero-order valence-corrected chi connectivity index (χ0v) is 10.5. The van der Waals surface area contributed by atoms with E-state index in [4.69, 9.17) is 11.6 Å². The van der Waals surface area contributed by atoms with Crippen molar-refractivity contribution in [2.75, 3.05) is 0 Å². The molecule has 0 bridgehead atoms. The topological polar surface area (TPSA) is 0 Å². The zero-order valence-electron chi connectivity index (χ0n) is 9.70. The number of hydrogen-bond acceptors (Lipinski definition) is 0. The lowest BCUT2D eigenvalue weighted by atomic mass is 10.0. The van der Waals surface area contributed by atoms with Crippen LogP contribution < -0.4 is 0 Å². The molecule has 1 fully saturated rings. The van der Waals surface area contributed by atoms with Gasteiger partial charge in [-0.1, -0.05) is 48.0 Å². The Morgan fingerprint density at radius 2 is 1.71 bits per heavy atom. The van der Waals surface area contributed by atoms with Crippen LogP contribution in [0.25, 0.3) is 11.1 Å². The van der Waals surface area contributed by atoms with Crippen molar-refractivity contribution in [1.29, 1.82) is 0 Å². The fourth-order valence-electron chi connectivity index (χ4n) is 2.16. The second kappa shape index (κ2) is 4.54. The van der Waals surface area contributed by atoms with Crippen LogP contribution in [0.2, 0.25) is 5.02 Å². The third-order valence-corrected chi connectivity index (χ3v) is 3.57. The predicted molar refractivity (Wildman–Crippen MR) is 73.3 cm³/mol. The van der Waals surface area contributed by atoms with E-state index in [0.717, 1.165) is 10.9 Å². The van der Waals surface area contributed by atoms with E-state index in [1.165, 1.54) is 36.0 Å². The predicted octanol–water partition coefficient (Wildman–Crippen LogP) is 4.96. The number of rotatable bonds is 3. The van der Waals surface area contributed by atoms with Crippen molar-refractivity contribution >= 4 is 11.6 Å². The number of hydrogen-bond donors (Lipinski definition) is 0. The Bertz CT molecular complexity index is 509. The van der Waals surface area contributed by atoms with Gasteiger partial charge in [-0.2, -0.15) is 0 Å². The highest BCUT2D eigenvalue weighted by atomic mass is 35.5. The number of halogens is 1. The average Bonchev–Trinajstić information content (AvgIpc) is 3.14. The van der Waals surface area contributed by atoms with Crippen LogP contribution in [0.15, 0.2) is 48.5 Å². The van der Waals surface area contributed by atoms with Crippen molar-refractivity contribution in [3.63, 3.8) is 0 Å². The number of benzene rings is 2. The van der Waals surface area contributed by atoms with E-state index < -0.39 is 0 Å². The summed E-state index contributed by atoms with van der Waals surface area (Å²) in [6.45, 7) is 0. The minimum Gasteiger partial charge on any atom is -0.0843 e. The second-order valence-corrected chi connectivity index (χ2v) is 5.29. The van der Waals surface area contributed by atoms with E-state index in [-0.39, 0.29) is 0 Å². The average molecular weight is 243 g/mol. The van der Waals surface area contributed by atoms with Crippen molar-refractivity contribution in [3.8, 4) is 11.1 Å². The van der Waals surface area contributed by atoms with Gasteiger partial charge in [0.2, 0.25) is 0 Å². The van der Waals surface area contributed by atoms with Gasteiger partial charge in [-0.25, -0.2) is 0 Å². The normalized spacial score (nSPS) is 14.9. The monoisotopic (exact) mass is 242 g/mol. The van der Waals surface area contributed by atoms with Gasteiger partial charge in [-0.3, -0.25) is 0 Å². The zero-order chi connectivity index (χ0) is 11.7. The molecule has 0 nitrogen and oxygen atoms in total. The summed E-state index contributed by atoms with van der Waals surface area (Å²) in [5, 5.41) is 0.796. The molecule has 0 heterocycles. The largest absolute Gasteiger partial charge is 0.0843 e. The highest BCUT2D eigenvalue weighted by Crippen LogP contribution is 2.33. The van der Waals surface area contributed by atoms with Gasteiger partial charge >= 0.3 is 0 Å². The van der Waals surface area contributed by atoms with Gasteiger partial charge < -0.3 is 0 Å². The third-order valence-electron chi connectivity index (χ3n) is 3.33. The van der Waals surface area contributed by atoms with Gasteiger partial charge in [0, 0.05) is 5.02 Å². The maximum atomic E-state index is 6.00. The summed E-state index contributed by atoms with van der Waals surface area (Å²) >= 11 is 6.00. The molecule has 1 aliphatic rings. The maximum absolute atomic E-state index is 6.00. The lowest BCUT2D eigenvalue weighted by Crippen LogP contribution is -1.86. The molecule has 0 saturated heterocycles. The van der Waals surface area contributed by atoms with E-state index >= 15 is 0 Å². The van der Waals surface area contributed by atoms with Gasteiger partial charge in [-0.15, -0.1) is 0 Å². The van der Waals surface area contributed by atoms with Crippen LogP contribution in [-0.4, -0.2) is 0 Å². The summed E-state index contributed by atoms with van der Waals surface area (Å²) < 4.78 is 0. The van der Waals surface area contributed by atoms with Crippen molar-refractivity contribution in [2.24, 2.45) is 5.92 Å². The molecule has 2 aromatic rings. The molecule has 1 saturated carbocycles. The molecule has 0 aliphatic heterocycles. The highest BCUT2D eigenvalue weighted by Gasteiger charge is 2.21. The summed E-state index contributed by atoms with van der Waals surface area (Å²) in [7, 11) is 0. The first-order chi connectivity index (χ1) is 8.31. The Labute approximate surface area is 107 Å². The highest BCUT2D eigenvalue weighted by molar-refractivity contribution is 6.30. The Hall–Kier alpha value is -1.27. The molecule has 0 N–H and O–H groups in total. The second-order valence-electron chi connectivity index (χ2n) is 4.85. The van der Waals surface area contributed by atoms with Crippen LogP contribution in [0.4, 0.5) is 0 Å². The van der Waals surface area contributed by atoms with Crippen molar-refractivity contribution in [3.05, 3.63) is 59.1 Å². The van der Waals surface area contributed by atoms with Gasteiger partial charge in [0.1, 0.15) is 0 Å². The quantitative estimate of drug-likeness (QED) is 0.714. The van der Waals surface area contributed by atoms with Crippen molar-refractivity contribution in [2.45, 2.75) is 19.3 Å². The van der Waals surface area contributed by atoms with Crippen LogP contribution >= 0.6 is 11.6 Å². The van der Waals surface area contributed by atoms with Crippen molar-refractivity contribution in [1.82, 2.24) is 0 Å². The summed E-state index contributed by atoms with van der Waals surface area (Å²) in [5.74, 6) is 0.951. The minimum atomic E-state index is 0.796. The first kappa shape index (κ1) is 10.9. The lowest BCUT2D eigenvalue weighted by Gasteiger charge is -2.04. The Morgan fingerprint density at radius 1 is 0.941 bits per heavy atom. The fourth-order valence-corrected chi connectivity index (χ4v) is 2.35. The van der Waals surface area contributed by atoms with E-state index in [9.17, 15) is 0 Å². The van der Waals surface area contributed by atoms with E-state index in [1.54, 1.807) is 0 Å². The molecule has 2 aromatic carbocycles. The Kier molecular flexibility index (Phi) is 2.90. The molecule has 1 aliphatic carbocycles. The smallest absolute Gasteiger partial charge is 0.0412 e. The third kappa shape index (κ3) is 2.70. The fraction of sp³-hybridized carbons (Fsp3) is 0.250. The van der Waals surface area contributed by atoms with Crippen molar-refractivity contribution < 1.29 is 0 Å². The summed E-state index contributed by atoms with van der Waals surface area (Å²) in [5.41, 5.74) is 3.89. The van der Waals surface area contributed by atoms with E-state index in [0.29, 0.717) is 0 Å². The Morgan fingerprint density at radius 3 is 2.35 bits per heavy atom. The molecule has 3 rings (SSSR count). The van der Waals surface area contributed by atoms with E-state index in [2.05, 4.69) is 30.3 Å². The summed E-state index contributed by atoms with van der Waals surface area (Å²) in [4.78, 5) is 0. The van der Waals surface area contributed by atoms with Crippen LogP contribution in [0.3, 0.4) is 0 Å². The first-order valence-electron chi connectivity index (χ1n) is 6.16. The summed E-state index contributed by atoms with van der Waals surface area (Å²) in [6.07, 6.45) is 4.07. The minimum absolute atomic E-state index is 0.796. The molecule has 0 unspecified atom stereocenters. The molecule has 17 heavy (non-hydrogen) atoms. The molecule has 0 amide bonds. The standard InChI is InChI=1S/C16H15Cl/c17-16-3-1-2-15(11-16)14-8-6-13(7-9-14)10-12-4-5-12/h1-3,6-9,11-12H,4-5,10H2. The molecule has 1 heteroatoms. The molecule has 0 radical (unpaired) electrons. The molecule has 0 atom stereocenters. The molecular weight excluding hydrogens is 228 g/mol. The van der Waals surface area contributed by atoms with Crippen LogP contribution in [0.1, 0.15) is 18.4 Å². The summed E-state index contributed by atoms with van der Waals surface area (Å²) in [6, 6.07) is 16.9. The molecule has 0 spiro atoms. The SMILES string of the molecule is Clc1cccc(-c2ccc(CC3CC3)cc2)c1. The lowest BCUT2D eigenvalue weighted by molar-refractivity contribution is 0.832. The van der Waals surface area contributed by atoms with Crippen LogP contribution in [0.5, 0.6) is 0 Å². The van der Waals surface area contributed by atoms with Gasteiger partial charge in [0.15, 0.2) is 0 Å². The molecule has 86 valence electrons. The maximum Gasteiger partial charge on any atom is 0.0412 e. The van der Waals surface area contributed by atoms with Gasteiger partial charge in [0.05, 0.1) is 0 Å². The molecule has 0 aromatic heterocycles. The van der Waals surface area contributed by atoms with Crippen LogP contribution in [-0.2, 0) is 6.42 Å². The van der Waals surface area contributed by atoms with E-state index in [1.807, 2.05) is 18.2 Å². The van der Waals surface area contributed by atoms with Gasteiger partial charge in [0.25, 0.3) is 0 Å².